The number of nitrogens with two attached hydrogens (primary N) is 1. The van der Waals surface area contributed by atoms with Gasteiger partial charge in [-0.25, -0.2) is 0 Å². The number of likely N-dealkylation sites (N-methyl/N-ethyl adjacent to an activating group) is 1. The van der Waals surface area contributed by atoms with E-state index < -0.39 is 6.61 Å². The number of halogens is 2. The molecule has 0 radical (unpaired) electrons. The minimum absolute atomic E-state index is 0.00779. The Balaban J connectivity index is 0.000000220. The Bertz CT molecular complexity index is 1410. The van der Waals surface area contributed by atoms with Crippen LogP contribution in [0.5, 0.6) is 11.5 Å². The van der Waals surface area contributed by atoms with Crippen molar-refractivity contribution in [3.63, 3.8) is 0 Å². The molecule has 4 heterocycles. The molecule has 1 atom stereocenters. The highest BCUT2D eigenvalue weighted by molar-refractivity contribution is 7.99. The van der Waals surface area contributed by atoms with Crippen LogP contribution in [0.1, 0.15) is 33.7 Å². The van der Waals surface area contributed by atoms with Crippen LogP contribution < -0.4 is 15.8 Å². The average Bonchev–Trinajstić information content (AvgIpc) is 3.68. The summed E-state index contributed by atoms with van der Waals surface area (Å²) >= 11 is 3.65. The van der Waals surface area contributed by atoms with Gasteiger partial charge in [0.25, 0.3) is 0 Å². The normalized spacial score (nSPS) is 16.2. The molecule has 0 saturated carbocycles. The lowest BCUT2D eigenvalue weighted by molar-refractivity contribution is -0.133. The Morgan fingerprint density at radius 1 is 1.16 bits per heavy atom. The van der Waals surface area contributed by atoms with E-state index in [0.717, 1.165) is 66.2 Å². The van der Waals surface area contributed by atoms with Crippen LogP contribution in [-0.2, 0) is 45.1 Å². The van der Waals surface area contributed by atoms with Gasteiger partial charge in [-0.2, -0.15) is 8.78 Å². The minimum atomic E-state index is -2.62. The van der Waals surface area contributed by atoms with Gasteiger partial charge in [0.2, 0.25) is 12.3 Å². The van der Waals surface area contributed by atoms with Gasteiger partial charge in [0.1, 0.15) is 17.8 Å². The summed E-state index contributed by atoms with van der Waals surface area (Å²) < 4.78 is 30.5. The molecule has 1 fully saturated rings. The molecule has 1 unspecified atom stereocenters. The van der Waals surface area contributed by atoms with Crippen molar-refractivity contribution in [1.29, 1.82) is 0 Å². The molecule has 6 rings (SSSR count). The molecule has 0 spiro atoms. The molecule has 3 aliphatic rings. The number of likely N-dealkylation sites (tertiary alicyclic amines) is 1. The Labute approximate surface area is 271 Å². The first-order valence-electron chi connectivity index (χ1n) is 14.4. The second kappa shape index (κ2) is 18.6. The van der Waals surface area contributed by atoms with Gasteiger partial charge in [0.15, 0.2) is 0 Å². The Morgan fingerprint density at radius 3 is 2.56 bits per heavy atom. The number of amides is 2. The fourth-order valence-electron chi connectivity index (χ4n) is 5.00. The van der Waals surface area contributed by atoms with Crippen LogP contribution in [-0.4, -0.2) is 75.4 Å². The van der Waals surface area contributed by atoms with Crippen molar-refractivity contribution in [2.24, 2.45) is 5.73 Å². The zero-order valence-corrected chi connectivity index (χ0v) is 27.3. The quantitative estimate of drug-likeness (QED) is 0.275. The molecule has 9 nitrogen and oxygen atoms in total. The summed E-state index contributed by atoms with van der Waals surface area (Å²) in [4.78, 5) is 41.4. The number of benzene rings is 2. The van der Waals surface area contributed by atoms with Crippen LogP contribution in [0, 0.1) is 0 Å². The largest absolute Gasteiger partial charge is 0.455 e. The number of aldehydes is 1. The molecule has 2 amide bonds. The maximum Gasteiger partial charge on any atom is 0.345 e. The van der Waals surface area contributed by atoms with Gasteiger partial charge < -0.3 is 35.1 Å². The van der Waals surface area contributed by atoms with Crippen LogP contribution in [0.2, 0.25) is 0 Å². The lowest BCUT2D eigenvalue weighted by Gasteiger charge is -2.22. The molecule has 3 N–H and O–H groups in total. The van der Waals surface area contributed by atoms with E-state index in [9.17, 15) is 18.4 Å². The second-order valence-electron chi connectivity index (χ2n) is 10.4. The van der Waals surface area contributed by atoms with E-state index in [1.807, 2.05) is 60.8 Å². The molecule has 0 bridgehead atoms. The van der Waals surface area contributed by atoms with E-state index in [4.69, 9.17) is 9.53 Å². The molecular formula is C32H40F2N4O5S2. The third-order valence-corrected chi connectivity index (χ3v) is 9.42. The molecule has 1 saturated heterocycles. The third kappa shape index (κ3) is 10.9. The average molecular weight is 663 g/mol. The maximum absolute atomic E-state index is 12.5. The van der Waals surface area contributed by atoms with Crippen molar-refractivity contribution in [3.8, 4) is 11.5 Å². The highest BCUT2D eigenvalue weighted by Gasteiger charge is 2.28. The summed E-state index contributed by atoms with van der Waals surface area (Å²) in [6.45, 7) is 1.42. The van der Waals surface area contributed by atoms with E-state index in [1.54, 1.807) is 27.1 Å². The molecular weight excluding hydrogens is 623 g/mol. The summed E-state index contributed by atoms with van der Waals surface area (Å²) in [6.07, 6.45) is 4.34. The summed E-state index contributed by atoms with van der Waals surface area (Å²) in [5, 5.41) is 3.20. The highest BCUT2D eigenvalue weighted by Crippen LogP contribution is 2.47. The van der Waals surface area contributed by atoms with Crippen LogP contribution in [0.25, 0.3) is 0 Å². The van der Waals surface area contributed by atoms with Gasteiger partial charge in [0.05, 0.1) is 22.3 Å². The molecule has 3 aliphatic heterocycles. The number of thiophene rings is 1. The molecule has 45 heavy (non-hydrogen) atoms. The Kier molecular flexibility index (Phi) is 14.9. The van der Waals surface area contributed by atoms with Crippen molar-refractivity contribution in [3.05, 3.63) is 69.4 Å². The van der Waals surface area contributed by atoms with Gasteiger partial charge in [-0.15, -0.1) is 11.3 Å². The van der Waals surface area contributed by atoms with Crippen LogP contribution in [0.15, 0.2) is 58.3 Å². The lowest BCUT2D eigenvalue weighted by atomic mass is 10.1. The third-order valence-electron chi connectivity index (χ3n) is 7.07. The summed E-state index contributed by atoms with van der Waals surface area (Å²) in [5.41, 5.74) is 6.62. The summed E-state index contributed by atoms with van der Waals surface area (Å²) in [7, 11) is 5.15. The van der Waals surface area contributed by atoms with Gasteiger partial charge in [-0.1, -0.05) is 30.0 Å². The standard InChI is InChI=1S/C19H17NO3S.C10H16N2S.C2H4F2O.CH3NO/c21-12-14-4-3-9-20(14)19(22)11-13-7-8-18-16(10-13)23-15-5-1-2-6-17(15)24-18;1-11-6-9-5-8-7-12(2)4-3-10(8)13-9;1-5-2(3)4;2-1-3/h1-2,5-8,10,12,14H,3-4,9,11H2;5,11H,3-4,6-7H2,1-2H3;2H,1H3;1H,(H2,2,3). The van der Waals surface area contributed by atoms with Crippen molar-refractivity contribution in [1.82, 2.24) is 15.1 Å². The van der Waals surface area contributed by atoms with E-state index in [2.05, 4.69) is 33.8 Å². The molecule has 2 aromatic carbocycles. The first-order chi connectivity index (χ1) is 21.7. The van der Waals surface area contributed by atoms with E-state index in [0.29, 0.717) is 13.0 Å². The minimum Gasteiger partial charge on any atom is -0.455 e. The van der Waals surface area contributed by atoms with Crippen molar-refractivity contribution >= 4 is 41.7 Å². The topological polar surface area (TPSA) is 114 Å². The van der Waals surface area contributed by atoms with Crippen molar-refractivity contribution in [2.45, 2.75) is 61.2 Å². The SMILES string of the molecule is CNCc1cc2c(s1)CCN(C)C2.COC(F)F.NC=O.O=CC1CCCN1C(=O)Cc1ccc2c(c1)Oc1ccccc1S2. The van der Waals surface area contributed by atoms with Gasteiger partial charge >= 0.3 is 6.61 Å². The molecule has 3 aromatic rings. The number of para-hydroxylation sites is 1. The van der Waals surface area contributed by atoms with Gasteiger partial charge in [0, 0.05) is 43.0 Å². The van der Waals surface area contributed by atoms with Gasteiger partial charge in [-0.3, -0.25) is 9.59 Å². The monoisotopic (exact) mass is 662 g/mol. The number of hydrogen-bond acceptors (Lipinski definition) is 9. The first kappa shape index (κ1) is 36.1. The zero-order chi connectivity index (χ0) is 32.8. The number of rotatable bonds is 6. The zero-order valence-electron chi connectivity index (χ0n) is 25.7. The number of carbonyl (C=O) groups is 3. The number of methoxy groups -OCH3 is 1. The van der Waals surface area contributed by atoms with E-state index in [1.165, 1.54) is 17.8 Å². The van der Waals surface area contributed by atoms with E-state index in [-0.39, 0.29) is 18.4 Å². The fourth-order valence-corrected chi connectivity index (χ4v) is 7.11. The van der Waals surface area contributed by atoms with E-state index >= 15 is 0 Å². The number of ether oxygens (including phenoxy) is 2. The molecule has 13 heteroatoms. The Hall–Kier alpha value is -3.36. The predicted molar refractivity (Wildman–Crippen MR) is 172 cm³/mol. The number of nitrogens with zero attached hydrogens (tertiary/aromatic N) is 2. The van der Waals surface area contributed by atoms with Crippen LogP contribution in [0.3, 0.4) is 0 Å². The number of hydrogen-bond donors (Lipinski definition) is 2. The number of fused-ring (bicyclic) bond motifs is 3. The molecule has 0 aliphatic carbocycles. The number of nitrogens with one attached hydrogen (secondary N) is 1. The predicted octanol–water partition coefficient (Wildman–Crippen LogP) is 5.09. The van der Waals surface area contributed by atoms with Crippen molar-refractivity contribution < 1.29 is 32.6 Å². The number of carbonyl (C=O) groups excluding carboxylic acids is 3. The number of primary amides is 1. The highest BCUT2D eigenvalue weighted by atomic mass is 32.2. The first-order valence-corrected chi connectivity index (χ1v) is 16.1. The molecule has 1 aromatic heterocycles. The lowest BCUT2D eigenvalue weighted by Crippen LogP contribution is -2.37. The summed E-state index contributed by atoms with van der Waals surface area (Å²) in [5.74, 6) is 1.64. The van der Waals surface area contributed by atoms with Gasteiger partial charge in [-0.05, 0) is 74.8 Å². The maximum atomic E-state index is 12.5. The second-order valence-corrected chi connectivity index (χ2v) is 12.7. The Morgan fingerprint density at radius 2 is 1.87 bits per heavy atom. The van der Waals surface area contributed by atoms with Crippen LogP contribution >= 0.6 is 23.1 Å². The summed E-state index contributed by atoms with van der Waals surface area (Å²) in [6, 6.07) is 15.9. The van der Waals surface area contributed by atoms with Crippen molar-refractivity contribution in [2.75, 3.05) is 34.3 Å². The van der Waals surface area contributed by atoms with Crippen LogP contribution in [0.4, 0.5) is 8.78 Å². The number of alkyl halides is 2. The smallest absolute Gasteiger partial charge is 0.345 e. The fraction of sp³-hybridized carbons (Fsp3) is 0.406. The molecule has 244 valence electrons.